The number of aromatic nitrogens is 5. The number of aliphatic hydroxyl groups is 1. The number of ether oxygens (including phenoxy) is 1. The van der Waals surface area contributed by atoms with Crippen molar-refractivity contribution in [2.75, 3.05) is 19.5 Å². The summed E-state index contributed by atoms with van der Waals surface area (Å²) in [5.41, 5.74) is 16.3. The fourth-order valence-corrected chi connectivity index (χ4v) is 10.2. The summed E-state index contributed by atoms with van der Waals surface area (Å²) in [5, 5.41) is 41.6. The quantitative estimate of drug-likeness (QED) is 0.0469. The lowest BCUT2D eigenvalue weighted by Gasteiger charge is -2.36. The summed E-state index contributed by atoms with van der Waals surface area (Å²) in [6.07, 6.45) is 1.73. The van der Waals surface area contributed by atoms with Crippen LogP contribution in [0.1, 0.15) is 74.0 Å². The Morgan fingerprint density at radius 3 is 1.90 bits per heavy atom. The predicted molar refractivity (Wildman–Crippen MR) is 327 cm³/mol. The molecule has 0 aliphatic heterocycles. The van der Waals surface area contributed by atoms with Crippen LogP contribution < -0.4 is 15.6 Å². The molecule has 1 atom stereocenters. The van der Waals surface area contributed by atoms with E-state index in [-0.39, 0.29) is 39.7 Å². The predicted octanol–water partition coefficient (Wildman–Crippen LogP) is 12.8. The van der Waals surface area contributed by atoms with E-state index in [1.54, 1.807) is 47.7 Å². The number of rotatable bonds is 13. The molecule has 7 N–H and O–H groups in total. The highest BCUT2D eigenvalue weighted by atomic mass is 28.4. The lowest BCUT2D eigenvalue weighted by Crippen LogP contribution is -2.43. The average molecular weight is 1100 g/mol. The molecule has 0 aliphatic rings. The van der Waals surface area contributed by atoms with Crippen LogP contribution in [-0.2, 0) is 35.2 Å². The number of H-pyrrole nitrogens is 1. The second-order valence-corrected chi connectivity index (χ2v) is 26.0. The molecule has 81 heavy (non-hydrogen) atoms. The molecule has 416 valence electrons. The average Bonchev–Trinajstić information content (AvgIpc) is 3.80. The molecule has 0 fully saturated rings. The van der Waals surface area contributed by atoms with Gasteiger partial charge in [0.1, 0.15) is 34.9 Å². The topological polar surface area (TPSA) is 218 Å². The van der Waals surface area contributed by atoms with Gasteiger partial charge in [0.25, 0.3) is 0 Å². The van der Waals surface area contributed by atoms with Crippen molar-refractivity contribution in [2.45, 2.75) is 84.5 Å². The van der Waals surface area contributed by atoms with Crippen LogP contribution in [0.3, 0.4) is 0 Å². The Hall–Kier alpha value is -8.89. The van der Waals surface area contributed by atoms with Gasteiger partial charge in [0.05, 0.1) is 33.5 Å². The van der Waals surface area contributed by atoms with Crippen LogP contribution in [0.25, 0.3) is 49.3 Å². The van der Waals surface area contributed by atoms with Gasteiger partial charge in [-0.2, -0.15) is 0 Å². The van der Waals surface area contributed by atoms with Crippen LogP contribution in [0.2, 0.25) is 18.1 Å². The van der Waals surface area contributed by atoms with Gasteiger partial charge in [-0.25, -0.2) is 15.0 Å². The molecule has 15 heteroatoms. The van der Waals surface area contributed by atoms with Crippen LogP contribution >= 0.6 is 0 Å². The molecular formula is C66H70N6O8Si. The molecule has 0 spiro atoms. The molecule has 8 aromatic carbocycles. The van der Waals surface area contributed by atoms with E-state index in [2.05, 4.69) is 56.0 Å². The van der Waals surface area contributed by atoms with Crippen LogP contribution in [0.15, 0.2) is 175 Å². The number of benzene rings is 8. The molecule has 0 radical (unpaired) electrons. The molecule has 0 aliphatic carbocycles. The van der Waals surface area contributed by atoms with Gasteiger partial charge in [-0.05, 0) is 138 Å². The molecule has 11 rings (SSSR count). The van der Waals surface area contributed by atoms with E-state index in [9.17, 15) is 24.9 Å². The Balaban J connectivity index is 0.000000163. The van der Waals surface area contributed by atoms with E-state index in [1.165, 1.54) is 5.56 Å². The molecule has 3 aromatic heterocycles. The van der Waals surface area contributed by atoms with E-state index >= 15 is 0 Å². The minimum Gasteiger partial charge on any atom is -0.544 e. The van der Waals surface area contributed by atoms with Crippen molar-refractivity contribution in [3.8, 4) is 23.1 Å². The number of nitrogen functional groups attached to an aromatic ring is 1. The zero-order chi connectivity index (χ0) is 58.0. The van der Waals surface area contributed by atoms with Gasteiger partial charge in [0.2, 0.25) is 14.2 Å². The number of nitrogens with one attached hydrogen (secondary N) is 1. The second-order valence-electron chi connectivity index (χ2n) is 21.3. The zero-order valence-electron chi connectivity index (χ0n) is 47.1. The number of hydrogen-bond donors (Lipinski definition) is 6. The lowest BCUT2D eigenvalue weighted by molar-refractivity contribution is -0.128. The first-order chi connectivity index (χ1) is 38.8. The number of hydrogen-bond acceptors (Lipinski definition) is 12. The van der Waals surface area contributed by atoms with Crippen molar-refractivity contribution < 1.29 is 34.4 Å². The summed E-state index contributed by atoms with van der Waals surface area (Å²) >= 11 is 0. The molecule has 3 heterocycles. The molecule has 1 unspecified atom stereocenters. The van der Waals surface area contributed by atoms with E-state index in [0.29, 0.717) is 49.4 Å². The number of aromatic amines is 1. The molecule has 0 saturated heterocycles. The fourth-order valence-electron chi connectivity index (χ4n) is 9.16. The smallest absolute Gasteiger partial charge is 0.250 e. The van der Waals surface area contributed by atoms with E-state index in [4.69, 9.17) is 30.0 Å². The Morgan fingerprint density at radius 2 is 1.25 bits per heavy atom. The van der Waals surface area contributed by atoms with Crippen LogP contribution in [0, 0.1) is 0 Å². The molecule has 0 amide bonds. The number of carbonyl (C=O) groups is 1. The number of anilines is 1. The lowest BCUT2D eigenvalue weighted by atomic mass is 10.1. The summed E-state index contributed by atoms with van der Waals surface area (Å²) in [7, 11) is -0.811. The number of aliphatic hydroxyl groups excluding tert-OH is 1. The highest BCUT2D eigenvalue weighted by molar-refractivity contribution is 6.74. The second kappa shape index (κ2) is 25.5. The molecule has 0 saturated carbocycles. The molecule has 11 aromatic rings. The zero-order valence-corrected chi connectivity index (χ0v) is 48.1. The van der Waals surface area contributed by atoms with Crippen molar-refractivity contribution in [1.29, 1.82) is 0 Å². The minimum atomic E-state index is -1.81. The van der Waals surface area contributed by atoms with E-state index < -0.39 is 8.32 Å². The van der Waals surface area contributed by atoms with Gasteiger partial charge in [0.15, 0.2) is 16.9 Å². The number of Topliss-reactive ketones (excluding diaryl/α,β-unsaturated/α-hetero) is 1. The monoisotopic (exact) mass is 1100 g/mol. The highest BCUT2D eigenvalue weighted by Crippen LogP contribution is 2.38. The Bertz CT molecular complexity index is 4010. The normalized spacial score (nSPS) is 11.8. The third-order valence-corrected chi connectivity index (χ3v) is 18.9. The third-order valence-electron chi connectivity index (χ3n) is 14.5. The minimum absolute atomic E-state index is 0.00441. The van der Waals surface area contributed by atoms with Crippen molar-refractivity contribution in [2.24, 2.45) is 0 Å². The summed E-state index contributed by atoms with van der Waals surface area (Å²) in [6.45, 7) is 15.4. The van der Waals surface area contributed by atoms with Crippen molar-refractivity contribution in [1.82, 2.24) is 24.3 Å². The summed E-state index contributed by atoms with van der Waals surface area (Å²) < 4.78 is 13.3. The standard InChI is InChI=1S/C28H21N3O3.C19H15N3O.C18H30O3Si.CH4O/c32-20-9-6-18(7-10-20)15-24-28(34)31-25-13-8-19-16-21(33)11-12-22(19)26(25)29-23(27(31)30-24)14-17-4-2-1-3-5-17;20-19-17(10-12-4-2-1-3-5-12)21-18-15-8-7-14(23)11-13(15)6-9-16(18)22-19;1-8-20-14(2)17(19)13-15-9-11-16(12-10-15)21-22(6,7)18(3,4)5;1-2/h1-13,16,32-34H,14-15H2;1-9,11,21H,10,20H2;9-12,14H,8,13H2,1-7H3;2H,1H3. The maximum absolute atomic E-state index is 12.0. The number of phenolic OH excluding ortho intramolecular Hbond substituents is 2. The van der Waals surface area contributed by atoms with Gasteiger partial charge >= 0.3 is 0 Å². The Kier molecular flexibility index (Phi) is 18.3. The van der Waals surface area contributed by atoms with Gasteiger partial charge in [-0.3, -0.25) is 14.0 Å². The SMILES string of the molecule is CCOC(C)C(=O)Cc1ccc(O[Si](C)(C)C(C)(C)C)cc1.CO.Nc1nc2ccc3cc(=O)ccc3c2[nH]c1Cc1ccccc1.Oc1ccc(Cc2nc3c(Cc4ccccc4)nc4c5ccc(O)cc5ccc4n3c2O)cc1. The van der Waals surface area contributed by atoms with Crippen LogP contribution in [0.5, 0.6) is 23.1 Å². The molecule has 0 bridgehead atoms. The van der Waals surface area contributed by atoms with Gasteiger partial charge in [-0.15, -0.1) is 0 Å². The van der Waals surface area contributed by atoms with Crippen molar-refractivity contribution in [3.05, 3.63) is 219 Å². The first-order valence-corrected chi connectivity index (χ1v) is 29.8. The van der Waals surface area contributed by atoms with Crippen molar-refractivity contribution in [3.63, 3.8) is 0 Å². The number of nitrogens with two attached hydrogens (primary N) is 1. The maximum atomic E-state index is 12.0. The number of ketones is 1. The first-order valence-electron chi connectivity index (χ1n) is 26.9. The van der Waals surface area contributed by atoms with Gasteiger partial charge < -0.3 is 40.3 Å². The third kappa shape index (κ3) is 13.9. The number of nitrogens with zero attached hydrogens (tertiary/aromatic N) is 4. The van der Waals surface area contributed by atoms with Crippen molar-refractivity contribution >= 4 is 69.2 Å². The Morgan fingerprint density at radius 1 is 0.667 bits per heavy atom. The number of fused-ring (bicyclic) bond motifs is 8. The molecular weight excluding hydrogens is 1030 g/mol. The van der Waals surface area contributed by atoms with E-state index in [0.717, 1.165) is 84.5 Å². The first kappa shape index (κ1) is 58.3. The fraction of sp³-hybridized carbons (Fsp3) is 0.227. The summed E-state index contributed by atoms with van der Waals surface area (Å²) in [5.74, 6) is 1.96. The largest absolute Gasteiger partial charge is 0.544 e. The number of imidazole rings is 1. The van der Waals surface area contributed by atoms with Gasteiger partial charge in [0, 0.05) is 50.2 Å². The number of phenols is 2. The number of aromatic hydroxyl groups is 3. The van der Waals surface area contributed by atoms with Gasteiger partial charge in [-0.1, -0.05) is 118 Å². The Labute approximate surface area is 472 Å². The number of carbonyl (C=O) groups excluding carboxylic acids is 1. The highest BCUT2D eigenvalue weighted by Gasteiger charge is 2.39. The maximum Gasteiger partial charge on any atom is 0.250 e. The van der Waals surface area contributed by atoms with Crippen LogP contribution in [-0.4, -0.2) is 78.7 Å². The van der Waals surface area contributed by atoms with E-state index in [1.807, 2.05) is 128 Å². The summed E-state index contributed by atoms with van der Waals surface area (Å²) in [4.78, 5) is 41.3. The van der Waals surface area contributed by atoms with Crippen LogP contribution in [0.4, 0.5) is 5.82 Å². The molecule has 14 nitrogen and oxygen atoms in total. The summed E-state index contributed by atoms with van der Waals surface area (Å²) in [6, 6.07) is 52.8.